The molecule has 0 bridgehead atoms. The van der Waals surface area contributed by atoms with Gasteiger partial charge in [0.05, 0.1) is 48.6 Å². The van der Waals surface area contributed by atoms with Crippen molar-refractivity contribution in [2.45, 2.75) is 20.8 Å². The number of amides is 1. The Kier molecular flexibility index (Phi) is 7.97. The summed E-state index contributed by atoms with van der Waals surface area (Å²) in [4.78, 5) is 38.6. The quantitative estimate of drug-likeness (QED) is 0.271. The molecule has 38 heavy (non-hydrogen) atoms. The predicted molar refractivity (Wildman–Crippen MR) is 135 cm³/mol. The normalized spacial score (nSPS) is 10.7. The maximum atomic E-state index is 14.7. The number of carbonyl (C=O) groups excluding carboxylic acids is 1. The van der Waals surface area contributed by atoms with E-state index in [2.05, 4.69) is 41.0 Å². The maximum Gasteiger partial charge on any atom is 0.278 e. The lowest BCUT2D eigenvalue weighted by atomic mass is 10.1. The topological polar surface area (TPSA) is 136 Å². The molecular formula is C25H24F2N8O3. The average Bonchev–Trinajstić information content (AvgIpc) is 2.87. The Morgan fingerprint density at radius 3 is 2.34 bits per heavy atom. The third-order valence-electron chi connectivity index (χ3n) is 5.07. The number of rotatable bonds is 9. The van der Waals surface area contributed by atoms with Crippen molar-refractivity contribution in [2.24, 2.45) is 0 Å². The van der Waals surface area contributed by atoms with Gasteiger partial charge in [-0.1, -0.05) is 0 Å². The van der Waals surface area contributed by atoms with Crippen molar-refractivity contribution < 1.29 is 23.1 Å². The number of carbonyl (C=O) groups is 1. The lowest BCUT2D eigenvalue weighted by Crippen LogP contribution is -2.24. The molecule has 0 saturated carbocycles. The van der Waals surface area contributed by atoms with Crippen molar-refractivity contribution in [3.8, 4) is 17.1 Å². The Labute approximate surface area is 216 Å². The summed E-state index contributed by atoms with van der Waals surface area (Å²) in [6, 6.07) is 5.63. The molecule has 196 valence electrons. The molecule has 0 aliphatic heterocycles. The van der Waals surface area contributed by atoms with Crippen molar-refractivity contribution in [3.05, 3.63) is 71.6 Å². The van der Waals surface area contributed by atoms with Gasteiger partial charge in [0.15, 0.2) is 17.4 Å². The van der Waals surface area contributed by atoms with Crippen molar-refractivity contribution in [2.75, 3.05) is 24.4 Å². The molecule has 13 heteroatoms. The van der Waals surface area contributed by atoms with Crippen molar-refractivity contribution in [1.82, 2.24) is 30.4 Å². The van der Waals surface area contributed by atoms with Crippen LogP contribution in [0.15, 0.2) is 42.9 Å². The average molecular weight is 523 g/mol. The first-order chi connectivity index (χ1) is 18.3. The van der Waals surface area contributed by atoms with Crippen LogP contribution in [0.3, 0.4) is 0 Å². The molecule has 0 aliphatic carbocycles. The Balaban J connectivity index is 1.77. The number of aromatic nitrogens is 5. The van der Waals surface area contributed by atoms with Crippen LogP contribution >= 0.6 is 0 Å². The van der Waals surface area contributed by atoms with Gasteiger partial charge in [0.1, 0.15) is 23.3 Å². The van der Waals surface area contributed by atoms with E-state index < -0.39 is 17.5 Å². The molecule has 11 nitrogen and oxygen atoms in total. The summed E-state index contributed by atoms with van der Waals surface area (Å²) in [7, 11) is 1.38. The summed E-state index contributed by atoms with van der Waals surface area (Å²) in [5, 5.41) is 6.11. The molecule has 0 atom stereocenters. The molecule has 4 rings (SSSR count). The number of anilines is 4. The molecule has 0 spiro atoms. The monoisotopic (exact) mass is 522 g/mol. The highest BCUT2D eigenvalue weighted by Crippen LogP contribution is 2.38. The van der Waals surface area contributed by atoms with Crippen LogP contribution in [-0.2, 0) is 4.84 Å². The van der Waals surface area contributed by atoms with Crippen LogP contribution < -0.4 is 20.9 Å². The fourth-order valence-electron chi connectivity index (χ4n) is 3.58. The van der Waals surface area contributed by atoms with E-state index in [1.165, 1.54) is 25.4 Å². The SMILES string of the molecule is CCONC(=O)c1cnc(Nc2cc(C)nc(C)n2)cc1Nc1cc(F)cc(-c2ncc(F)cn2)c1OC. The number of hydroxylamine groups is 1. The summed E-state index contributed by atoms with van der Waals surface area (Å²) in [5.74, 6) is -0.240. The number of halogens is 2. The Morgan fingerprint density at radius 1 is 0.895 bits per heavy atom. The number of hydrogen-bond donors (Lipinski definition) is 3. The number of ether oxygens (including phenoxy) is 1. The molecule has 0 saturated heterocycles. The molecule has 0 aliphatic rings. The number of pyridine rings is 1. The van der Waals surface area contributed by atoms with Crippen LogP contribution in [0, 0.1) is 25.5 Å². The summed E-state index contributed by atoms with van der Waals surface area (Å²) in [5.41, 5.74) is 3.76. The van der Waals surface area contributed by atoms with E-state index >= 15 is 0 Å². The molecule has 1 aromatic carbocycles. The van der Waals surface area contributed by atoms with Crippen molar-refractivity contribution >= 4 is 28.9 Å². The van der Waals surface area contributed by atoms with Gasteiger partial charge in [-0.3, -0.25) is 9.63 Å². The second-order valence-corrected chi connectivity index (χ2v) is 7.93. The third kappa shape index (κ3) is 6.13. The van der Waals surface area contributed by atoms with E-state index in [9.17, 15) is 13.6 Å². The van der Waals surface area contributed by atoms with Gasteiger partial charge in [0.2, 0.25) is 0 Å². The zero-order valence-corrected chi connectivity index (χ0v) is 21.0. The highest BCUT2D eigenvalue weighted by Gasteiger charge is 2.20. The second-order valence-electron chi connectivity index (χ2n) is 7.93. The first-order valence-electron chi connectivity index (χ1n) is 11.4. The largest absolute Gasteiger partial charge is 0.494 e. The van der Waals surface area contributed by atoms with Crippen LogP contribution in [0.1, 0.15) is 28.8 Å². The molecule has 3 N–H and O–H groups in total. The first kappa shape index (κ1) is 26.3. The number of nitrogens with one attached hydrogen (secondary N) is 3. The molecule has 0 fully saturated rings. The predicted octanol–water partition coefficient (Wildman–Crippen LogP) is 4.40. The van der Waals surface area contributed by atoms with E-state index in [-0.39, 0.29) is 40.7 Å². The molecule has 4 aromatic rings. The molecule has 0 radical (unpaired) electrons. The molecular weight excluding hydrogens is 498 g/mol. The van der Waals surface area contributed by atoms with Gasteiger partial charge in [-0.2, -0.15) is 0 Å². The maximum absolute atomic E-state index is 14.7. The van der Waals surface area contributed by atoms with Gasteiger partial charge in [-0.15, -0.1) is 0 Å². The lowest BCUT2D eigenvalue weighted by molar-refractivity contribution is 0.0365. The summed E-state index contributed by atoms with van der Waals surface area (Å²) in [6.07, 6.45) is 3.26. The number of aryl methyl sites for hydroxylation is 2. The number of benzene rings is 1. The van der Waals surface area contributed by atoms with Crippen LogP contribution in [0.25, 0.3) is 11.4 Å². The van der Waals surface area contributed by atoms with E-state index in [1.807, 2.05) is 6.92 Å². The number of nitrogens with zero attached hydrogens (tertiary/aromatic N) is 5. The minimum absolute atomic E-state index is 0.0479. The van der Waals surface area contributed by atoms with Crippen molar-refractivity contribution in [1.29, 1.82) is 0 Å². The fraction of sp³-hybridized carbons (Fsp3) is 0.200. The minimum Gasteiger partial charge on any atom is -0.494 e. The highest BCUT2D eigenvalue weighted by atomic mass is 19.1. The van der Waals surface area contributed by atoms with E-state index in [4.69, 9.17) is 9.57 Å². The van der Waals surface area contributed by atoms with Gasteiger partial charge in [-0.25, -0.2) is 39.2 Å². The summed E-state index contributed by atoms with van der Waals surface area (Å²) in [6.45, 7) is 5.55. The van der Waals surface area contributed by atoms with Crippen LogP contribution in [-0.4, -0.2) is 44.5 Å². The number of hydrogen-bond acceptors (Lipinski definition) is 10. The summed E-state index contributed by atoms with van der Waals surface area (Å²) >= 11 is 0. The fourth-order valence-corrected chi connectivity index (χ4v) is 3.58. The Morgan fingerprint density at radius 2 is 1.66 bits per heavy atom. The summed E-state index contributed by atoms with van der Waals surface area (Å²) < 4.78 is 33.6. The van der Waals surface area contributed by atoms with Gasteiger partial charge < -0.3 is 15.4 Å². The number of methoxy groups -OCH3 is 1. The standard InChI is InChI=1S/C25H24F2N8O3/c1-5-38-35-25(36)18-12-28-21(34-22-6-13(2)31-14(3)32-22)9-19(18)33-20-8-15(26)7-17(23(20)37-4)24-29-10-16(27)11-30-24/h6-12H,5H2,1-4H3,(H,35,36)(H2,28,31,32,33,34). The first-order valence-corrected chi connectivity index (χ1v) is 11.4. The van der Waals surface area contributed by atoms with Crippen LogP contribution in [0.5, 0.6) is 5.75 Å². The van der Waals surface area contributed by atoms with Crippen molar-refractivity contribution in [3.63, 3.8) is 0 Å². The highest BCUT2D eigenvalue weighted by molar-refractivity contribution is 6.00. The molecule has 0 unspecified atom stereocenters. The zero-order chi connectivity index (χ0) is 27.2. The Bertz CT molecular complexity index is 1450. The minimum atomic E-state index is -0.643. The third-order valence-corrected chi connectivity index (χ3v) is 5.07. The van der Waals surface area contributed by atoms with Gasteiger partial charge >= 0.3 is 0 Å². The van der Waals surface area contributed by atoms with E-state index in [0.29, 0.717) is 17.5 Å². The van der Waals surface area contributed by atoms with Gasteiger partial charge in [0.25, 0.3) is 5.91 Å². The van der Waals surface area contributed by atoms with Crippen LogP contribution in [0.2, 0.25) is 0 Å². The lowest BCUT2D eigenvalue weighted by Gasteiger charge is -2.18. The molecule has 3 aromatic heterocycles. The Hall–Kier alpha value is -4.78. The smallest absolute Gasteiger partial charge is 0.278 e. The van der Waals surface area contributed by atoms with E-state index in [1.54, 1.807) is 26.0 Å². The van der Waals surface area contributed by atoms with Gasteiger partial charge in [0, 0.05) is 30.1 Å². The van der Waals surface area contributed by atoms with Gasteiger partial charge in [-0.05, 0) is 26.8 Å². The molecule has 3 heterocycles. The van der Waals surface area contributed by atoms with Crippen LogP contribution in [0.4, 0.5) is 31.8 Å². The molecule has 1 amide bonds. The van der Waals surface area contributed by atoms with E-state index in [0.717, 1.165) is 18.1 Å². The second kappa shape index (κ2) is 11.5. The zero-order valence-electron chi connectivity index (χ0n) is 21.0.